The van der Waals surface area contributed by atoms with Crippen molar-refractivity contribution in [3.63, 3.8) is 0 Å². The fraction of sp³-hybridized carbons (Fsp3) is 0.588. The molecule has 0 aromatic heterocycles. The number of rotatable bonds is 7. The second kappa shape index (κ2) is 9.75. The lowest BCUT2D eigenvalue weighted by atomic mass is 10.2. The maximum Gasteiger partial charge on any atom is 0.238 e. The van der Waals surface area contributed by atoms with Crippen molar-refractivity contribution in [1.82, 2.24) is 10.2 Å². The van der Waals surface area contributed by atoms with Gasteiger partial charge in [0.15, 0.2) is 0 Å². The van der Waals surface area contributed by atoms with Crippen molar-refractivity contribution in [2.45, 2.75) is 32.7 Å². The van der Waals surface area contributed by atoms with E-state index < -0.39 is 0 Å². The molecule has 1 aliphatic heterocycles. The van der Waals surface area contributed by atoms with E-state index in [1.807, 2.05) is 25.1 Å². The largest absolute Gasteiger partial charge is 0.495 e. The zero-order valence-corrected chi connectivity index (χ0v) is 15.0. The van der Waals surface area contributed by atoms with Crippen LogP contribution >= 0.6 is 12.4 Å². The van der Waals surface area contributed by atoms with Crippen LogP contribution in [-0.4, -0.2) is 50.1 Å². The van der Waals surface area contributed by atoms with Crippen molar-refractivity contribution in [2.24, 2.45) is 0 Å². The molecule has 1 aromatic rings. The van der Waals surface area contributed by atoms with Gasteiger partial charge < -0.3 is 15.4 Å². The summed E-state index contributed by atoms with van der Waals surface area (Å²) in [5.41, 5.74) is 1.84. The van der Waals surface area contributed by atoms with Crippen LogP contribution in [0.15, 0.2) is 18.2 Å². The molecule has 1 aliphatic rings. The first-order valence-corrected chi connectivity index (χ1v) is 8.03. The Labute approximate surface area is 145 Å². The van der Waals surface area contributed by atoms with Crippen LogP contribution < -0.4 is 15.4 Å². The van der Waals surface area contributed by atoms with Gasteiger partial charge in [-0.1, -0.05) is 13.0 Å². The molecule has 0 saturated carbocycles. The van der Waals surface area contributed by atoms with Gasteiger partial charge in [-0.2, -0.15) is 0 Å². The van der Waals surface area contributed by atoms with Crippen LogP contribution in [0.4, 0.5) is 5.69 Å². The minimum absolute atomic E-state index is 0. The molecule has 1 unspecified atom stereocenters. The van der Waals surface area contributed by atoms with Crippen LogP contribution in [0, 0.1) is 6.92 Å². The quantitative estimate of drug-likeness (QED) is 0.800. The summed E-state index contributed by atoms with van der Waals surface area (Å²) in [6.45, 7) is 7.54. The molecule has 0 aliphatic carbocycles. The van der Waals surface area contributed by atoms with E-state index in [1.165, 1.54) is 0 Å². The van der Waals surface area contributed by atoms with Crippen LogP contribution in [0.5, 0.6) is 5.75 Å². The summed E-state index contributed by atoms with van der Waals surface area (Å²) in [7, 11) is 1.62. The highest BCUT2D eigenvalue weighted by Crippen LogP contribution is 2.25. The monoisotopic (exact) mass is 341 g/mol. The van der Waals surface area contributed by atoms with Gasteiger partial charge in [0.2, 0.25) is 5.91 Å². The number of methoxy groups -OCH3 is 1. The first-order chi connectivity index (χ1) is 10.6. The molecule has 1 fully saturated rings. The molecule has 0 radical (unpaired) electrons. The van der Waals surface area contributed by atoms with E-state index >= 15 is 0 Å². The summed E-state index contributed by atoms with van der Waals surface area (Å²) in [4.78, 5) is 14.7. The highest BCUT2D eigenvalue weighted by Gasteiger charge is 2.23. The maximum absolute atomic E-state index is 12.4. The minimum Gasteiger partial charge on any atom is -0.495 e. The van der Waals surface area contributed by atoms with Gasteiger partial charge in [0.05, 0.1) is 19.3 Å². The Morgan fingerprint density at radius 2 is 2.26 bits per heavy atom. The minimum atomic E-state index is 0. The van der Waals surface area contributed by atoms with Crippen LogP contribution in [0.3, 0.4) is 0 Å². The summed E-state index contributed by atoms with van der Waals surface area (Å²) in [5, 5.41) is 6.36. The molecule has 23 heavy (non-hydrogen) atoms. The van der Waals surface area contributed by atoms with E-state index in [-0.39, 0.29) is 18.3 Å². The lowest BCUT2D eigenvalue weighted by Crippen LogP contribution is -2.42. The number of nitrogens with one attached hydrogen (secondary N) is 2. The number of hydrogen-bond acceptors (Lipinski definition) is 4. The van der Waals surface area contributed by atoms with Crippen molar-refractivity contribution >= 4 is 24.0 Å². The van der Waals surface area contributed by atoms with Crippen molar-refractivity contribution in [2.75, 3.05) is 38.6 Å². The number of hydrogen-bond donors (Lipinski definition) is 2. The number of amides is 1. The van der Waals surface area contributed by atoms with E-state index in [1.54, 1.807) is 7.11 Å². The van der Waals surface area contributed by atoms with E-state index in [0.717, 1.165) is 43.7 Å². The molecule has 1 amide bonds. The van der Waals surface area contributed by atoms with Gasteiger partial charge in [0, 0.05) is 12.6 Å². The van der Waals surface area contributed by atoms with Crippen LogP contribution in [0.2, 0.25) is 0 Å². The molecular weight excluding hydrogens is 314 g/mol. The van der Waals surface area contributed by atoms with Crippen LogP contribution in [0.25, 0.3) is 0 Å². The zero-order valence-electron chi connectivity index (χ0n) is 14.2. The Morgan fingerprint density at radius 1 is 1.48 bits per heavy atom. The Balaban J connectivity index is 0.00000264. The van der Waals surface area contributed by atoms with Gasteiger partial charge in [-0.15, -0.1) is 12.4 Å². The molecule has 1 heterocycles. The van der Waals surface area contributed by atoms with E-state index in [9.17, 15) is 4.79 Å². The molecule has 0 bridgehead atoms. The lowest BCUT2D eigenvalue weighted by Gasteiger charge is -2.27. The predicted molar refractivity (Wildman–Crippen MR) is 96.7 cm³/mol. The van der Waals surface area contributed by atoms with Gasteiger partial charge in [-0.3, -0.25) is 9.69 Å². The van der Waals surface area contributed by atoms with E-state index in [2.05, 4.69) is 22.5 Å². The average Bonchev–Trinajstić information content (AvgIpc) is 3.01. The molecule has 1 atom stereocenters. The summed E-state index contributed by atoms with van der Waals surface area (Å²) in [6, 6.07) is 6.26. The van der Waals surface area contributed by atoms with Crippen molar-refractivity contribution in [3.8, 4) is 5.75 Å². The summed E-state index contributed by atoms with van der Waals surface area (Å²) < 4.78 is 5.32. The number of carbonyl (C=O) groups is 1. The van der Waals surface area contributed by atoms with Gasteiger partial charge in [0.25, 0.3) is 0 Å². The number of aryl methyl sites for hydroxylation is 1. The van der Waals surface area contributed by atoms with Crippen LogP contribution in [-0.2, 0) is 4.79 Å². The Hall–Kier alpha value is -1.30. The average molecular weight is 342 g/mol. The van der Waals surface area contributed by atoms with E-state index in [0.29, 0.717) is 18.3 Å². The number of halogens is 1. The summed E-state index contributed by atoms with van der Waals surface area (Å²) in [6.07, 6.45) is 2.17. The smallest absolute Gasteiger partial charge is 0.238 e. The highest BCUT2D eigenvalue weighted by atomic mass is 35.5. The number of nitrogens with zero attached hydrogens (tertiary/aromatic N) is 1. The molecular formula is C17H28ClN3O2. The predicted octanol–water partition coefficient (Wildman–Crippen LogP) is 2.44. The van der Waals surface area contributed by atoms with Crippen LogP contribution in [0.1, 0.15) is 25.3 Å². The third kappa shape index (κ3) is 5.68. The first-order valence-electron chi connectivity index (χ1n) is 8.03. The second-order valence-corrected chi connectivity index (χ2v) is 5.87. The molecule has 1 saturated heterocycles. The first kappa shape index (κ1) is 19.7. The van der Waals surface area contributed by atoms with Crippen molar-refractivity contribution in [1.29, 1.82) is 0 Å². The third-order valence-corrected chi connectivity index (χ3v) is 4.04. The lowest BCUT2D eigenvalue weighted by molar-refractivity contribution is -0.117. The standard InChI is InChI=1S/C17H27N3O2.ClH/c1-4-9-20(14-7-8-18-11-14)12-17(21)19-15-10-13(2)5-6-16(15)22-3;/h5-6,10,14,18H,4,7-9,11-12H2,1-3H3,(H,19,21);1H. The summed E-state index contributed by atoms with van der Waals surface area (Å²) in [5.74, 6) is 0.716. The molecule has 1 aromatic carbocycles. The van der Waals surface area contributed by atoms with Crippen molar-refractivity contribution in [3.05, 3.63) is 23.8 Å². The second-order valence-electron chi connectivity index (χ2n) is 5.87. The van der Waals surface area contributed by atoms with Crippen molar-refractivity contribution < 1.29 is 9.53 Å². The maximum atomic E-state index is 12.4. The Morgan fingerprint density at radius 3 is 2.87 bits per heavy atom. The molecule has 5 nitrogen and oxygen atoms in total. The number of ether oxygens (including phenoxy) is 1. The SMILES string of the molecule is CCCN(CC(=O)Nc1cc(C)ccc1OC)C1CCNC1.Cl. The topological polar surface area (TPSA) is 53.6 Å². The van der Waals surface area contributed by atoms with Gasteiger partial charge in [-0.05, 0) is 50.6 Å². The third-order valence-electron chi connectivity index (χ3n) is 4.04. The molecule has 6 heteroatoms. The molecule has 130 valence electrons. The highest BCUT2D eigenvalue weighted by molar-refractivity contribution is 5.93. The fourth-order valence-corrected chi connectivity index (χ4v) is 2.92. The van der Waals surface area contributed by atoms with E-state index in [4.69, 9.17) is 4.74 Å². The Bertz CT molecular complexity index is 505. The summed E-state index contributed by atoms with van der Waals surface area (Å²) >= 11 is 0. The molecule has 2 rings (SSSR count). The fourth-order valence-electron chi connectivity index (χ4n) is 2.92. The zero-order chi connectivity index (χ0) is 15.9. The van der Waals surface area contributed by atoms with Gasteiger partial charge >= 0.3 is 0 Å². The molecule has 2 N–H and O–H groups in total. The number of benzene rings is 1. The van der Waals surface area contributed by atoms with Gasteiger partial charge in [-0.25, -0.2) is 0 Å². The molecule has 0 spiro atoms. The number of carbonyl (C=O) groups excluding carboxylic acids is 1. The van der Waals surface area contributed by atoms with Gasteiger partial charge in [0.1, 0.15) is 5.75 Å². The number of anilines is 1. The Kier molecular flexibility index (Phi) is 8.37. The normalized spacial score (nSPS) is 17.0.